The third-order valence-corrected chi connectivity index (χ3v) is 3.30. The number of hydrogen-bond acceptors (Lipinski definition) is 5. The van der Waals surface area contributed by atoms with Gasteiger partial charge in [-0.3, -0.25) is 0 Å². The molecule has 0 saturated heterocycles. The van der Waals surface area contributed by atoms with Gasteiger partial charge in [0.05, 0.1) is 6.61 Å². The molecule has 16 heavy (non-hydrogen) atoms. The molecule has 0 unspecified atom stereocenters. The summed E-state index contributed by atoms with van der Waals surface area (Å²) >= 11 is 5.76. The summed E-state index contributed by atoms with van der Waals surface area (Å²) in [5, 5.41) is 12.8. The Kier molecular flexibility index (Phi) is 3.16. The molecule has 88 valence electrons. The maximum atomic E-state index is 9.30. The zero-order chi connectivity index (χ0) is 11.6. The van der Waals surface area contributed by atoms with Crippen molar-refractivity contribution in [1.29, 1.82) is 0 Å². The molecular formula is C10H15ClN4O. The van der Waals surface area contributed by atoms with Crippen molar-refractivity contribution in [2.45, 2.75) is 19.3 Å². The van der Waals surface area contributed by atoms with Crippen LogP contribution < -0.4 is 11.1 Å². The molecule has 1 aliphatic rings. The van der Waals surface area contributed by atoms with Crippen LogP contribution in [0, 0.1) is 5.41 Å². The Balaban J connectivity index is 1.98. The zero-order valence-electron chi connectivity index (χ0n) is 8.91. The predicted molar refractivity (Wildman–Crippen MR) is 63.3 cm³/mol. The van der Waals surface area contributed by atoms with Crippen LogP contribution in [0.25, 0.3) is 0 Å². The standard InChI is InChI=1S/C10H15ClN4O/c11-7-4-8(15-9(12)14-7)13-5-10(6-16)2-1-3-10/h4,16H,1-3,5-6H2,(H3,12,13,14,15). The van der Waals surface area contributed by atoms with Crippen molar-refractivity contribution in [3.8, 4) is 0 Å². The van der Waals surface area contributed by atoms with Crippen molar-refractivity contribution in [3.05, 3.63) is 11.2 Å². The number of halogens is 1. The SMILES string of the molecule is Nc1nc(Cl)cc(NCC2(CO)CCC2)n1. The van der Waals surface area contributed by atoms with Crippen molar-refractivity contribution in [2.75, 3.05) is 24.2 Å². The van der Waals surface area contributed by atoms with E-state index in [1.807, 2.05) is 0 Å². The summed E-state index contributed by atoms with van der Waals surface area (Å²) in [5.41, 5.74) is 5.49. The van der Waals surface area contributed by atoms with Gasteiger partial charge in [-0.25, -0.2) is 4.98 Å². The van der Waals surface area contributed by atoms with E-state index >= 15 is 0 Å². The first-order valence-electron chi connectivity index (χ1n) is 5.28. The van der Waals surface area contributed by atoms with E-state index in [-0.39, 0.29) is 18.0 Å². The smallest absolute Gasteiger partial charge is 0.223 e. The van der Waals surface area contributed by atoms with E-state index in [1.165, 1.54) is 6.42 Å². The molecule has 0 radical (unpaired) electrons. The number of nitrogens with two attached hydrogens (primary N) is 1. The zero-order valence-corrected chi connectivity index (χ0v) is 9.67. The van der Waals surface area contributed by atoms with E-state index in [0.29, 0.717) is 17.5 Å². The second-order valence-electron chi connectivity index (χ2n) is 4.30. The van der Waals surface area contributed by atoms with Crippen molar-refractivity contribution >= 4 is 23.4 Å². The second kappa shape index (κ2) is 4.43. The van der Waals surface area contributed by atoms with Crippen LogP contribution >= 0.6 is 11.6 Å². The van der Waals surface area contributed by atoms with Crippen LogP contribution in [0.1, 0.15) is 19.3 Å². The minimum absolute atomic E-state index is 0.00614. The Bertz CT molecular complexity index is 355. The van der Waals surface area contributed by atoms with Gasteiger partial charge < -0.3 is 16.2 Å². The van der Waals surface area contributed by atoms with E-state index in [1.54, 1.807) is 6.07 Å². The van der Waals surface area contributed by atoms with Crippen LogP contribution in [-0.2, 0) is 0 Å². The third kappa shape index (κ3) is 2.36. The molecule has 0 atom stereocenters. The minimum Gasteiger partial charge on any atom is -0.396 e. The van der Waals surface area contributed by atoms with Gasteiger partial charge in [0.15, 0.2) is 0 Å². The number of aromatic nitrogens is 2. The predicted octanol–water partition coefficient (Wildman–Crippen LogP) is 1.29. The molecule has 1 aromatic rings. The number of nitrogen functional groups attached to an aromatic ring is 1. The first kappa shape index (κ1) is 11.4. The maximum absolute atomic E-state index is 9.30. The molecule has 1 aliphatic carbocycles. The van der Waals surface area contributed by atoms with Gasteiger partial charge in [-0.2, -0.15) is 4.98 Å². The molecule has 0 amide bonds. The number of aliphatic hydroxyl groups excluding tert-OH is 1. The van der Waals surface area contributed by atoms with Crippen molar-refractivity contribution in [3.63, 3.8) is 0 Å². The van der Waals surface area contributed by atoms with Crippen molar-refractivity contribution in [1.82, 2.24) is 9.97 Å². The molecule has 0 aromatic carbocycles. The molecule has 6 heteroatoms. The number of aliphatic hydroxyl groups is 1. The van der Waals surface area contributed by atoms with Crippen LogP contribution in [0.15, 0.2) is 6.07 Å². The molecule has 1 aromatic heterocycles. The molecule has 1 saturated carbocycles. The van der Waals surface area contributed by atoms with Gasteiger partial charge in [-0.15, -0.1) is 0 Å². The summed E-state index contributed by atoms with van der Waals surface area (Å²) in [6.07, 6.45) is 3.27. The molecule has 1 fully saturated rings. The summed E-state index contributed by atoms with van der Waals surface area (Å²) < 4.78 is 0. The van der Waals surface area contributed by atoms with E-state index in [4.69, 9.17) is 17.3 Å². The average Bonchev–Trinajstić information content (AvgIpc) is 2.15. The number of nitrogens with zero attached hydrogens (tertiary/aromatic N) is 2. The van der Waals surface area contributed by atoms with E-state index in [9.17, 15) is 5.11 Å². The summed E-state index contributed by atoms with van der Waals surface area (Å²) in [6.45, 7) is 0.893. The largest absolute Gasteiger partial charge is 0.396 e. The van der Waals surface area contributed by atoms with Gasteiger partial charge >= 0.3 is 0 Å². The first-order chi connectivity index (χ1) is 7.63. The fraction of sp³-hybridized carbons (Fsp3) is 0.600. The quantitative estimate of drug-likeness (QED) is 0.693. The summed E-state index contributed by atoms with van der Waals surface area (Å²) in [5.74, 6) is 0.763. The number of rotatable bonds is 4. The Morgan fingerprint density at radius 3 is 2.75 bits per heavy atom. The van der Waals surface area contributed by atoms with Gasteiger partial charge in [0, 0.05) is 18.0 Å². The van der Waals surface area contributed by atoms with Crippen molar-refractivity contribution < 1.29 is 5.11 Å². The van der Waals surface area contributed by atoms with Gasteiger partial charge in [0.25, 0.3) is 0 Å². The molecule has 2 rings (SSSR count). The van der Waals surface area contributed by atoms with Gasteiger partial charge in [0.2, 0.25) is 5.95 Å². The second-order valence-corrected chi connectivity index (χ2v) is 4.69. The van der Waals surface area contributed by atoms with Crippen LogP contribution in [0.3, 0.4) is 0 Å². The molecule has 4 N–H and O–H groups in total. The highest BCUT2D eigenvalue weighted by Crippen LogP contribution is 2.40. The molecule has 0 bridgehead atoms. The Morgan fingerprint density at radius 2 is 2.25 bits per heavy atom. The van der Waals surface area contributed by atoms with Crippen molar-refractivity contribution in [2.24, 2.45) is 5.41 Å². The molecule has 0 spiro atoms. The monoisotopic (exact) mass is 242 g/mol. The third-order valence-electron chi connectivity index (χ3n) is 3.11. The highest BCUT2D eigenvalue weighted by molar-refractivity contribution is 6.29. The van der Waals surface area contributed by atoms with E-state index < -0.39 is 0 Å². The maximum Gasteiger partial charge on any atom is 0.223 e. The van der Waals surface area contributed by atoms with E-state index in [2.05, 4.69) is 15.3 Å². The topological polar surface area (TPSA) is 84.1 Å². The molecule has 5 nitrogen and oxygen atoms in total. The van der Waals surface area contributed by atoms with E-state index in [0.717, 1.165) is 12.8 Å². The van der Waals surface area contributed by atoms with Gasteiger partial charge in [-0.1, -0.05) is 18.0 Å². The van der Waals surface area contributed by atoms with Gasteiger partial charge in [0.1, 0.15) is 11.0 Å². The minimum atomic E-state index is 0.00614. The fourth-order valence-electron chi connectivity index (χ4n) is 1.87. The van der Waals surface area contributed by atoms with Crippen LogP contribution in [0.5, 0.6) is 0 Å². The Hall–Kier alpha value is -1.07. The highest BCUT2D eigenvalue weighted by Gasteiger charge is 2.36. The van der Waals surface area contributed by atoms with Crippen LogP contribution in [0.2, 0.25) is 5.15 Å². The number of hydrogen-bond donors (Lipinski definition) is 3. The van der Waals surface area contributed by atoms with Crippen LogP contribution in [0.4, 0.5) is 11.8 Å². The Labute approximate surface area is 99.0 Å². The summed E-state index contributed by atoms with van der Waals surface area (Å²) in [6, 6.07) is 1.63. The average molecular weight is 243 g/mol. The normalized spacial score (nSPS) is 17.9. The van der Waals surface area contributed by atoms with Gasteiger partial charge in [-0.05, 0) is 12.8 Å². The number of anilines is 2. The molecule has 0 aliphatic heterocycles. The Morgan fingerprint density at radius 1 is 1.50 bits per heavy atom. The van der Waals surface area contributed by atoms with Crippen LogP contribution in [-0.4, -0.2) is 28.2 Å². The lowest BCUT2D eigenvalue weighted by Crippen LogP contribution is -2.40. The molecular weight excluding hydrogens is 228 g/mol. The summed E-state index contributed by atoms with van der Waals surface area (Å²) in [4.78, 5) is 7.79. The number of nitrogens with one attached hydrogen (secondary N) is 1. The lowest BCUT2D eigenvalue weighted by atomic mass is 9.69. The highest BCUT2D eigenvalue weighted by atomic mass is 35.5. The molecule has 1 heterocycles. The fourth-order valence-corrected chi connectivity index (χ4v) is 2.06. The lowest BCUT2D eigenvalue weighted by Gasteiger charge is -2.40. The lowest BCUT2D eigenvalue weighted by molar-refractivity contribution is 0.0576. The summed E-state index contributed by atoms with van der Waals surface area (Å²) in [7, 11) is 0. The first-order valence-corrected chi connectivity index (χ1v) is 5.66.